The molecule has 0 saturated heterocycles. The lowest BCUT2D eigenvalue weighted by Crippen LogP contribution is -2.44. The molecule has 0 bridgehead atoms. The quantitative estimate of drug-likeness (QED) is 0.345. The minimum Gasteiger partial charge on any atom is -0.385 e. The van der Waals surface area contributed by atoms with Gasteiger partial charge in [0, 0.05) is 48.2 Å². The summed E-state index contributed by atoms with van der Waals surface area (Å²) in [5.41, 5.74) is 9.41. The van der Waals surface area contributed by atoms with Gasteiger partial charge in [0.15, 0.2) is 0 Å². The van der Waals surface area contributed by atoms with Gasteiger partial charge >= 0.3 is 0 Å². The van der Waals surface area contributed by atoms with E-state index in [2.05, 4.69) is 20.6 Å². The molecule has 8 nitrogen and oxygen atoms in total. The van der Waals surface area contributed by atoms with E-state index in [4.69, 9.17) is 5.73 Å². The van der Waals surface area contributed by atoms with Gasteiger partial charge in [-0.05, 0) is 55.7 Å². The number of amides is 2. The van der Waals surface area contributed by atoms with Crippen molar-refractivity contribution >= 4 is 39.8 Å². The molecule has 0 fully saturated rings. The molecule has 0 radical (unpaired) electrons. The summed E-state index contributed by atoms with van der Waals surface area (Å²) in [6.07, 6.45) is 6.69. The maximum Gasteiger partial charge on any atom is 0.243 e. The Hall–Kier alpha value is -3.52. The van der Waals surface area contributed by atoms with Crippen molar-refractivity contribution in [2.75, 3.05) is 28.6 Å². The van der Waals surface area contributed by atoms with Crippen LogP contribution in [0.5, 0.6) is 0 Å². The number of nitrogens with zero attached hydrogens (tertiary/aromatic N) is 3. The fourth-order valence-electron chi connectivity index (χ4n) is 3.78. The van der Waals surface area contributed by atoms with E-state index in [9.17, 15) is 9.59 Å². The zero-order chi connectivity index (χ0) is 24.3. The normalized spacial score (nSPS) is 11.7. The van der Waals surface area contributed by atoms with Gasteiger partial charge in [0.2, 0.25) is 11.8 Å². The highest BCUT2D eigenvalue weighted by Crippen LogP contribution is 2.21. The Bertz CT molecular complexity index is 1100. The van der Waals surface area contributed by atoms with Crippen LogP contribution in [0, 0.1) is 0 Å². The number of benzene rings is 2. The maximum atomic E-state index is 12.8. The number of carbonyl (C=O) groups excluding carboxylic acids is 2. The van der Waals surface area contributed by atoms with Gasteiger partial charge in [0.05, 0.1) is 11.6 Å². The van der Waals surface area contributed by atoms with Crippen LogP contribution in [-0.4, -0.2) is 40.9 Å². The van der Waals surface area contributed by atoms with Gasteiger partial charge in [-0.1, -0.05) is 26.3 Å². The molecule has 0 aliphatic rings. The summed E-state index contributed by atoms with van der Waals surface area (Å²) >= 11 is 0. The molecule has 1 unspecified atom stereocenters. The van der Waals surface area contributed by atoms with Crippen LogP contribution < -0.4 is 21.3 Å². The van der Waals surface area contributed by atoms with Gasteiger partial charge in [-0.3, -0.25) is 9.59 Å². The number of carbonyl (C=O) groups is 2. The van der Waals surface area contributed by atoms with Crippen LogP contribution in [-0.2, 0) is 9.59 Å². The fraction of sp³-hybridized carbons (Fsp3) is 0.385. The van der Waals surface area contributed by atoms with Crippen molar-refractivity contribution in [1.29, 1.82) is 0 Å². The topological polar surface area (TPSA) is 113 Å². The average Bonchev–Trinajstić information content (AvgIpc) is 2.85. The molecule has 0 aliphatic heterocycles. The summed E-state index contributed by atoms with van der Waals surface area (Å²) in [7, 11) is 0. The van der Waals surface area contributed by atoms with Gasteiger partial charge in [0.25, 0.3) is 0 Å². The first-order chi connectivity index (χ1) is 16.5. The molecule has 1 atom stereocenters. The molecule has 1 aromatic heterocycles. The fourth-order valence-corrected chi connectivity index (χ4v) is 3.78. The highest BCUT2D eigenvalue weighted by atomic mass is 16.2. The number of fused-ring (bicyclic) bond motifs is 1. The third kappa shape index (κ3) is 6.99. The lowest BCUT2D eigenvalue weighted by Gasteiger charge is -2.26. The Balaban J connectivity index is 1.50. The molecule has 2 amide bonds. The standard InChI is InChI=1S/C26H34N6O2/c1-3-7-23(27)26(34)32(14-4-2)22-9-5-8-20(16-22)29-13-6-10-25(33)31-21-11-12-24-19(15-21)17-28-18-30-24/h5,8-9,11-12,15-18,23,29H,3-4,6-7,10,13-14,27H2,1-2H3,(H,31,33). The summed E-state index contributed by atoms with van der Waals surface area (Å²) in [5.74, 6) is -0.0887. The van der Waals surface area contributed by atoms with Crippen LogP contribution in [0.3, 0.4) is 0 Å². The van der Waals surface area contributed by atoms with Crippen molar-refractivity contribution in [3.05, 3.63) is 55.0 Å². The van der Waals surface area contributed by atoms with Crippen molar-refractivity contribution in [3.8, 4) is 0 Å². The molecule has 1 heterocycles. The lowest BCUT2D eigenvalue weighted by atomic mass is 10.1. The van der Waals surface area contributed by atoms with E-state index in [1.165, 1.54) is 6.33 Å². The molecule has 0 saturated carbocycles. The zero-order valence-electron chi connectivity index (χ0n) is 20.0. The Morgan fingerprint density at radius 1 is 1.09 bits per heavy atom. The number of anilines is 3. The molecule has 4 N–H and O–H groups in total. The van der Waals surface area contributed by atoms with Crippen LogP contribution in [0.4, 0.5) is 17.1 Å². The van der Waals surface area contributed by atoms with E-state index in [1.807, 2.05) is 56.3 Å². The molecule has 8 heteroatoms. The highest BCUT2D eigenvalue weighted by Gasteiger charge is 2.21. The largest absolute Gasteiger partial charge is 0.385 e. The number of aromatic nitrogens is 2. The summed E-state index contributed by atoms with van der Waals surface area (Å²) < 4.78 is 0. The van der Waals surface area contributed by atoms with Crippen LogP contribution in [0.1, 0.15) is 46.0 Å². The van der Waals surface area contributed by atoms with E-state index in [-0.39, 0.29) is 11.8 Å². The number of hydrogen-bond donors (Lipinski definition) is 3. The van der Waals surface area contributed by atoms with Crippen molar-refractivity contribution in [2.24, 2.45) is 5.73 Å². The van der Waals surface area contributed by atoms with Gasteiger partial charge in [-0.25, -0.2) is 9.97 Å². The Morgan fingerprint density at radius 2 is 1.94 bits per heavy atom. The Labute approximate surface area is 201 Å². The van der Waals surface area contributed by atoms with Gasteiger partial charge in [-0.15, -0.1) is 0 Å². The first-order valence-electron chi connectivity index (χ1n) is 11.9. The second kappa shape index (κ2) is 12.6. The van der Waals surface area contributed by atoms with Gasteiger partial charge < -0.3 is 21.3 Å². The molecule has 34 heavy (non-hydrogen) atoms. The van der Waals surface area contributed by atoms with Crippen molar-refractivity contribution in [2.45, 2.75) is 52.0 Å². The molecule has 2 aromatic carbocycles. The van der Waals surface area contributed by atoms with Gasteiger partial charge in [0.1, 0.15) is 6.33 Å². The second-order valence-electron chi connectivity index (χ2n) is 8.31. The minimum absolute atomic E-state index is 0.0437. The lowest BCUT2D eigenvalue weighted by molar-refractivity contribution is -0.120. The number of rotatable bonds is 12. The van der Waals surface area contributed by atoms with Crippen LogP contribution in [0.15, 0.2) is 55.0 Å². The van der Waals surface area contributed by atoms with E-state index >= 15 is 0 Å². The first-order valence-corrected chi connectivity index (χ1v) is 11.9. The van der Waals surface area contributed by atoms with E-state index in [1.54, 1.807) is 11.1 Å². The number of nitrogens with one attached hydrogen (secondary N) is 2. The molecule has 0 spiro atoms. The Morgan fingerprint density at radius 3 is 2.74 bits per heavy atom. The van der Waals surface area contributed by atoms with E-state index in [0.717, 1.165) is 40.8 Å². The minimum atomic E-state index is -0.484. The van der Waals surface area contributed by atoms with Crippen LogP contribution >= 0.6 is 0 Å². The summed E-state index contributed by atoms with van der Waals surface area (Å²) in [4.78, 5) is 35.1. The first kappa shape index (κ1) is 25.1. The summed E-state index contributed by atoms with van der Waals surface area (Å²) in [6.45, 7) is 5.34. The van der Waals surface area contributed by atoms with E-state index < -0.39 is 6.04 Å². The molecular weight excluding hydrogens is 428 g/mol. The molecule has 3 rings (SSSR count). The SMILES string of the molecule is CCCC(N)C(=O)N(CCC)c1cccc(NCCCC(=O)Nc2ccc3ncncc3c2)c1. The zero-order valence-corrected chi connectivity index (χ0v) is 20.0. The highest BCUT2D eigenvalue weighted by molar-refractivity contribution is 5.97. The predicted octanol–water partition coefficient (Wildman–Crippen LogP) is 4.33. The maximum absolute atomic E-state index is 12.8. The summed E-state index contributed by atoms with van der Waals surface area (Å²) in [5, 5.41) is 7.16. The summed E-state index contributed by atoms with van der Waals surface area (Å²) in [6, 6.07) is 12.9. The average molecular weight is 463 g/mol. The van der Waals surface area contributed by atoms with E-state index in [0.29, 0.717) is 32.4 Å². The predicted molar refractivity (Wildman–Crippen MR) is 138 cm³/mol. The number of nitrogens with two attached hydrogens (primary N) is 1. The van der Waals surface area contributed by atoms with Crippen LogP contribution in [0.2, 0.25) is 0 Å². The van der Waals surface area contributed by atoms with Crippen molar-refractivity contribution in [1.82, 2.24) is 9.97 Å². The smallest absolute Gasteiger partial charge is 0.243 e. The molecule has 180 valence electrons. The molecular formula is C26H34N6O2. The molecule has 3 aromatic rings. The second-order valence-corrected chi connectivity index (χ2v) is 8.31. The Kier molecular flexibility index (Phi) is 9.34. The van der Waals surface area contributed by atoms with Crippen molar-refractivity contribution in [3.63, 3.8) is 0 Å². The third-order valence-electron chi connectivity index (χ3n) is 5.49. The third-order valence-corrected chi connectivity index (χ3v) is 5.49. The monoisotopic (exact) mass is 462 g/mol. The van der Waals surface area contributed by atoms with Gasteiger partial charge in [-0.2, -0.15) is 0 Å². The van der Waals surface area contributed by atoms with Crippen LogP contribution in [0.25, 0.3) is 10.9 Å². The molecule has 0 aliphatic carbocycles. The van der Waals surface area contributed by atoms with Crippen molar-refractivity contribution < 1.29 is 9.59 Å². The number of hydrogen-bond acceptors (Lipinski definition) is 6.